The van der Waals surface area contributed by atoms with Gasteiger partial charge in [0.2, 0.25) is 15.9 Å². The third kappa shape index (κ3) is 2.99. The lowest BCUT2D eigenvalue weighted by Crippen LogP contribution is -2.56. The molecule has 22 heavy (non-hydrogen) atoms. The van der Waals surface area contributed by atoms with Crippen molar-refractivity contribution >= 4 is 26.0 Å². The van der Waals surface area contributed by atoms with Crippen molar-refractivity contribution in [2.45, 2.75) is 11.0 Å². The number of benzene rings is 1. The van der Waals surface area contributed by atoms with E-state index < -0.39 is 15.8 Å². The van der Waals surface area contributed by atoms with E-state index in [-0.39, 0.29) is 24.1 Å². The van der Waals surface area contributed by atoms with Crippen molar-refractivity contribution in [3.63, 3.8) is 0 Å². The van der Waals surface area contributed by atoms with E-state index in [1.165, 1.54) is 16.4 Å². The summed E-state index contributed by atoms with van der Waals surface area (Å²) in [5, 5.41) is 0. The maximum atomic E-state index is 12.9. The highest BCUT2D eigenvalue weighted by molar-refractivity contribution is 9.10. The molecule has 116 valence electrons. The molecule has 0 unspecified atom stereocenters. The highest BCUT2D eigenvalue weighted by atomic mass is 79.9. The maximum Gasteiger partial charge on any atom is 0.243 e. The van der Waals surface area contributed by atoms with Gasteiger partial charge in [-0.25, -0.2) is 17.8 Å². The van der Waals surface area contributed by atoms with Crippen LogP contribution in [0.4, 0.5) is 4.39 Å². The number of aromatic nitrogens is 1. The summed E-state index contributed by atoms with van der Waals surface area (Å²) in [6.45, 7) is 0.478. The van der Waals surface area contributed by atoms with Crippen LogP contribution in [0.1, 0.15) is 0 Å². The predicted octanol–water partition coefficient (Wildman–Crippen LogP) is 2.44. The van der Waals surface area contributed by atoms with Crippen molar-refractivity contribution in [1.82, 2.24) is 9.29 Å². The Morgan fingerprint density at radius 2 is 1.91 bits per heavy atom. The summed E-state index contributed by atoms with van der Waals surface area (Å²) in [4.78, 5) is 4.15. The largest absolute Gasteiger partial charge is 0.471 e. The second-order valence-corrected chi connectivity index (χ2v) is 7.60. The number of sulfonamides is 1. The second kappa shape index (κ2) is 5.94. The molecular weight excluding hydrogens is 375 g/mol. The Kier molecular flexibility index (Phi) is 4.16. The van der Waals surface area contributed by atoms with E-state index in [4.69, 9.17) is 4.74 Å². The quantitative estimate of drug-likeness (QED) is 0.809. The smallest absolute Gasteiger partial charge is 0.243 e. The molecule has 8 heteroatoms. The summed E-state index contributed by atoms with van der Waals surface area (Å²) in [6, 6.07) is 8.34. The van der Waals surface area contributed by atoms with Gasteiger partial charge in [0.1, 0.15) is 11.9 Å². The van der Waals surface area contributed by atoms with Crippen molar-refractivity contribution in [3.05, 3.63) is 52.9 Å². The summed E-state index contributed by atoms with van der Waals surface area (Å²) in [5.74, 6) is -0.0323. The van der Waals surface area contributed by atoms with E-state index in [1.807, 2.05) is 0 Å². The maximum absolute atomic E-state index is 12.9. The van der Waals surface area contributed by atoms with Gasteiger partial charge in [0.15, 0.2) is 0 Å². The number of hydrogen-bond acceptors (Lipinski definition) is 4. The molecule has 0 amide bonds. The molecule has 1 aliphatic heterocycles. The molecule has 1 aromatic heterocycles. The van der Waals surface area contributed by atoms with E-state index >= 15 is 0 Å². The molecule has 1 saturated heterocycles. The van der Waals surface area contributed by atoms with Crippen molar-refractivity contribution in [1.29, 1.82) is 0 Å². The molecule has 2 aromatic rings. The molecule has 0 atom stereocenters. The molecular formula is C14H12BrFN2O3S. The van der Waals surface area contributed by atoms with Crippen LogP contribution in [0.3, 0.4) is 0 Å². The monoisotopic (exact) mass is 386 g/mol. The summed E-state index contributed by atoms with van der Waals surface area (Å²) >= 11 is 3.32. The van der Waals surface area contributed by atoms with Crippen LogP contribution in [-0.4, -0.2) is 36.9 Å². The number of hydrogen-bond donors (Lipinski definition) is 0. The Morgan fingerprint density at radius 3 is 2.55 bits per heavy atom. The first kappa shape index (κ1) is 15.4. The Labute approximate surface area is 135 Å². The van der Waals surface area contributed by atoms with Crippen molar-refractivity contribution in [2.24, 2.45) is 0 Å². The molecule has 0 saturated carbocycles. The Hall–Kier alpha value is -1.51. The third-order valence-corrected chi connectivity index (χ3v) is 5.72. The highest BCUT2D eigenvalue weighted by Gasteiger charge is 2.38. The summed E-state index contributed by atoms with van der Waals surface area (Å²) < 4.78 is 45.1. The van der Waals surface area contributed by atoms with Gasteiger partial charge in [0, 0.05) is 6.20 Å². The number of rotatable bonds is 4. The van der Waals surface area contributed by atoms with Crippen LogP contribution in [0.2, 0.25) is 0 Å². The van der Waals surface area contributed by atoms with Gasteiger partial charge in [0.25, 0.3) is 0 Å². The van der Waals surface area contributed by atoms with Crippen molar-refractivity contribution in [2.75, 3.05) is 13.1 Å². The van der Waals surface area contributed by atoms with Gasteiger partial charge in [-0.05, 0) is 52.3 Å². The minimum absolute atomic E-state index is 0.0753. The average molecular weight is 387 g/mol. The Bertz CT molecular complexity index is 777. The topological polar surface area (TPSA) is 59.5 Å². The standard InChI is InChI=1S/C14H12BrFN2O3S/c15-13-2-1-7-17-14(13)21-11-8-18(9-11)22(19,20)12-5-3-10(16)4-6-12/h1-7,11H,8-9H2. The fraction of sp³-hybridized carbons (Fsp3) is 0.214. The number of halogens is 2. The lowest BCUT2D eigenvalue weighted by Gasteiger charge is -2.37. The van der Waals surface area contributed by atoms with Crippen LogP contribution < -0.4 is 4.74 Å². The fourth-order valence-corrected chi connectivity index (χ4v) is 3.89. The van der Waals surface area contributed by atoms with Crippen LogP contribution in [0.25, 0.3) is 0 Å². The summed E-state index contributed by atoms with van der Waals surface area (Å²) in [5.41, 5.74) is 0. The zero-order valence-corrected chi connectivity index (χ0v) is 13.7. The SMILES string of the molecule is O=S(=O)(c1ccc(F)cc1)N1CC(Oc2ncccc2Br)C1. The molecule has 1 aromatic carbocycles. The zero-order chi connectivity index (χ0) is 15.7. The number of pyridine rings is 1. The number of nitrogens with zero attached hydrogens (tertiary/aromatic N) is 2. The molecule has 0 N–H and O–H groups in total. The van der Waals surface area contributed by atoms with Gasteiger partial charge in [-0.15, -0.1) is 0 Å². The van der Waals surface area contributed by atoms with Crippen molar-refractivity contribution < 1.29 is 17.5 Å². The molecule has 1 fully saturated rings. The molecule has 3 rings (SSSR count). The first-order valence-corrected chi connectivity index (χ1v) is 8.73. The van der Waals surface area contributed by atoms with Gasteiger partial charge in [-0.2, -0.15) is 4.31 Å². The van der Waals surface area contributed by atoms with Crippen LogP contribution in [0, 0.1) is 5.82 Å². The van der Waals surface area contributed by atoms with Gasteiger partial charge in [-0.3, -0.25) is 0 Å². The lowest BCUT2D eigenvalue weighted by molar-refractivity contribution is 0.0713. The van der Waals surface area contributed by atoms with Crippen LogP contribution >= 0.6 is 15.9 Å². The zero-order valence-electron chi connectivity index (χ0n) is 11.3. The second-order valence-electron chi connectivity index (χ2n) is 4.81. The Morgan fingerprint density at radius 1 is 1.23 bits per heavy atom. The molecule has 1 aliphatic rings. The number of ether oxygens (including phenoxy) is 1. The molecule has 0 radical (unpaired) electrons. The van der Waals surface area contributed by atoms with Crippen LogP contribution in [0.5, 0.6) is 5.88 Å². The third-order valence-electron chi connectivity index (χ3n) is 3.27. The lowest BCUT2D eigenvalue weighted by atomic mass is 10.2. The minimum atomic E-state index is -3.60. The Balaban J connectivity index is 1.65. The molecule has 2 heterocycles. The van der Waals surface area contributed by atoms with Crippen LogP contribution in [0.15, 0.2) is 52.0 Å². The van der Waals surface area contributed by atoms with Gasteiger partial charge < -0.3 is 4.74 Å². The fourth-order valence-electron chi connectivity index (χ4n) is 2.04. The van der Waals surface area contributed by atoms with Gasteiger partial charge in [-0.1, -0.05) is 0 Å². The molecule has 5 nitrogen and oxygen atoms in total. The predicted molar refractivity (Wildman–Crippen MR) is 81.5 cm³/mol. The average Bonchev–Trinajstić information content (AvgIpc) is 2.44. The van der Waals surface area contributed by atoms with Gasteiger partial charge >= 0.3 is 0 Å². The highest BCUT2D eigenvalue weighted by Crippen LogP contribution is 2.27. The molecule has 0 bridgehead atoms. The van der Waals surface area contributed by atoms with Gasteiger partial charge in [0.05, 0.1) is 22.5 Å². The van der Waals surface area contributed by atoms with E-state index in [0.29, 0.717) is 5.88 Å². The van der Waals surface area contributed by atoms with Crippen LogP contribution in [-0.2, 0) is 10.0 Å². The van der Waals surface area contributed by atoms with Crippen molar-refractivity contribution in [3.8, 4) is 5.88 Å². The van der Waals surface area contributed by atoms with E-state index in [1.54, 1.807) is 18.3 Å². The summed E-state index contributed by atoms with van der Waals surface area (Å²) in [7, 11) is -3.60. The summed E-state index contributed by atoms with van der Waals surface area (Å²) in [6.07, 6.45) is 1.35. The molecule has 0 spiro atoms. The van der Waals surface area contributed by atoms with E-state index in [0.717, 1.165) is 16.6 Å². The first-order valence-electron chi connectivity index (χ1n) is 6.50. The minimum Gasteiger partial charge on any atom is -0.471 e. The molecule has 0 aliphatic carbocycles. The normalized spacial score (nSPS) is 16.3. The first-order chi connectivity index (χ1) is 10.5. The van der Waals surface area contributed by atoms with E-state index in [2.05, 4.69) is 20.9 Å². The van der Waals surface area contributed by atoms with E-state index in [9.17, 15) is 12.8 Å².